The zero-order valence-electron chi connectivity index (χ0n) is 11.2. The van der Waals surface area contributed by atoms with E-state index in [2.05, 4.69) is 5.32 Å². The van der Waals surface area contributed by atoms with E-state index in [1.165, 1.54) is 0 Å². The van der Waals surface area contributed by atoms with E-state index < -0.39 is 11.4 Å². The Kier molecular flexibility index (Phi) is 4.12. The summed E-state index contributed by atoms with van der Waals surface area (Å²) >= 11 is 0. The Labute approximate surface area is 116 Å². The van der Waals surface area contributed by atoms with Crippen LogP contribution in [0.1, 0.15) is 12.8 Å². The van der Waals surface area contributed by atoms with Gasteiger partial charge in [-0.15, -0.1) is 0 Å². The van der Waals surface area contributed by atoms with E-state index in [-0.39, 0.29) is 19.1 Å². The summed E-state index contributed by atoms with van der Waals surface area (Å²) in [5.74, 6) is -0.0172. The molecule has 0 unspecified atom stereocenters. The van der Waals surface area contributed by atoms with Crippen LogP contribution in [0.3, 0.4) is 0 Å². The molecule has 2 rings (SSSR count). The second kappa shape index (κ2) is 5.81. The third kappa shape index (κ3) is 3.40. The van der Waals surface area contributed by atoms with Gasteiger partial charge >= 0.3 is 5.97 Å². The summed E-state index contributed by atoms with van der Waals surface area (Å²) in [6, 6.07) is 6.93. The number of carboxylic acid groups (broad SMARTS) is 1. The summed E-state index contributed by atoms with van der Waals surface area (Å²) in [5.41, 5.74) is -0.758. The quantitative estimate of drug-likeness (QED) is 0.779. The Morgan fingerprint density at radius 1 is 1.35 bits per heavy atom. The molecule has 20 heavy (non-hydrogen) atoms. The number of carbonyl (C=O) groups is 2. The molecule has 2 N–H and O–H groups in total. The molecule has 0 aromatic heterocycles. The summed E-state index contributed by atoms with van der Waals surface area (Å²) in [4.78, 5) is 22.6. The molecular formula is C14H17NO5. The van der Waals surface area contributed by atoms with Crippen LogP contribution in [0.25, 0.3) is 0 Å². The van der Waals surface area contributed by atoms with Gasteiger partial charge in [-0.25, -0.2) is 0 Å². The van der Waals surface area contributed by atoms with Crippen molar-refractivity contribution in [2.24, 2.45) is 5.41 Å². The number of aliphatic carboxylic acids is 1. The molecule has 1 saturated carbocycles. The van der Waals surface area contributed by atoms with Gasteiger partial charge in [0.05, 0.1) is 12.5 Å². The molecule has 6 nitrogen and oxygen atoms in total. The fourth-order valence-corrected chi connectivity index (χ4v) is 1.78. The summed E-state index contributed by atoms with van der Waals surface area (Å²) in [5, 5.41) is 11.6. The third-order valence-corrected chi connectivity index (χ3v) is 3.34. The first-order valence-corrected chi connectivity index (χ1v) is 6.33. The minimum atomic E-state index is -0.855. The SMILES string of the molecule is COc1cccc(OCC(=O)NCC2(C(=O)O)CC2)c1. The second-order valence-electron chi connectivity index (χ2n) is 4.83. The van der Waals surface area contributed by atoms with Gasteiger partial charge in [0.15, 0.2) is 6.61 Å². The molecule has 1 aliphatic rings. The highest BCUT2D eigenvalue weighted by molar-refractivity contribution is 5.81. The zero-order chi connectivity index (χ0) is 14.6. The molecule has 1 aliphatic carbocycles. The van der Waals surface area contributed by atoms with Crippen molar-refractivity contribution in [1.29, 1.82) is 0 Å². The van der Waals surface area contributed by atoms with Crippen LogP contribution in [-0.2, 0) is 9.59 Å². The van der Waals surface area contributed by atoms with Crippen molar-refractivity contribution in [2.75, 3.05) is 20.3 Å². The van der Waals surface area contributed by atoms with Crippen molar-refractivity contribution in [3.63, 3.8) is 0 Å². The van der Waals surface area contributed by atoms with Gasteiger partial charge in [0.2, 0.25) is 0 Å². The molecule has 1 aromatic carbocycles. The monoisotopic (exact) mass is 279 g/mol. The summed E-state index contributed by atoms with van der Waals surface area (Å²) in [6.45, 7) is 0.00546. The highest BCUT2D eigenvalue weighted by atomic mass is 16.5. The topological polar surface area (TPSA) is 84.9 Å². The van der Waals surface area contributed by atoms with Crippen LogP contribution in [-0.4, -0.2) is 37.2 Å². The lowest BCUT2D eigenvalue weighted by atomic mass is 10.1. The number of carbonyl (C=O) groups excluding carboxylic acids is 1. The lowest BCUT2D eigenvalue weighted by Gasteiger charge is -2.12. The molecule has 1 fully saturated rings. The molecule has 1 amide bonds. The van der Waals surface area contributed by atoms with Crippen molar-refractivity contribution < 1.29 is 24.2 Å². The molecule has 0 atom stereocenters. The van der Waals surface area contributed by atoms with Gasteiger partial charge in [0.1, 0.15) is 11.5 Å². The van der Waals surface area contributed by atoms with Crippen LogP contribution in [0, 0.1) is 5.41 Å². The zero-order valence-corrected chi connectivity index (χ0v) is 11.2. The predicted octanol–water partition coefficient (Wildman–Crippen LogP) is 1.05. The molecule has 0 saturated heterocycles. The number of ether oxygens (including phenoxy) is 2. The Bertz CT molecular complexity index is 510. The standard InChI is InChI=1S/C14H17NO5/c1-19-10-3-2-4-11(7-10)20-8-12(16)15-9-14(5-6-14)13(17)18/h2-4,7H,5-6,8-9H2,1H3,(H,15,16)(H,17,18). The van der Waals surface area contributed by atoms with E-state index >= 15 is 0 Å². The number of carboxylic acids is 1. The molecule has 1 aromatic rings. The van der Waals surface area contributed by atoms with Crippen molar-refractivity contribution in [1.82, 2.24) is 5.32 Å². The summed E-state index contributed by atoms with van der Waals surface area (Å²) in [7, 11) is 1.55. The van der Waals surface area contributed by atoms with Gasteiger partial charge in [-0.1, -0.05) is 6.07 Å². The number of benzene rings is 1. The Balaban J connectivity index is 1.76. The average Bonchev–Trinajstić information content (AvgIpc) is 3.24. The molecule has 108 valence electrons. The predicted molar refractivity (Wildman–Crippen MR) is 70.8 cm³/mol. The first-order valence-electron chi connectivity index (χ1n) is 6.33. The van der Waals surface area contributed by atoms with Crippen LogP contribution in [0.5, 0.6) is 11.5 Å². The third-order valence-electron chi connectivity index (χ3n) is 3.34. The molecule has 0 spiro atoms. The summed E-state index contributed by atoms with van der Waals surface area (Å²) < 4.78 is 10.4. The second-order valence-corrected chi connectivity index (χ2v) is 4.83. The number of rotatable bonds is 7. The van der Waals surface area contributed by atoms with Gasteiger partial charge in [0.25, 0.3) is 5.91 Å². The number of nitrogens with one attached hydrogen (secondary N) is 1. The van der Waals surface area contributed by atoms with E-state index in [4.69, 9.17) is 14.6 Å². The number of hydrogen-bond acceptors (Lipinski definition) is 4. The maximum Gasteiger partial charge on any atom is 0.311 e. The van der Waals surface area contributed by atoms with Crippen molar-refractivity contribution in [3.05, 3.63) is 24.3 Å². The van der Waals surface area contributed by atoms with Crippen LogP contribution in [0.2, 0.25) is 0 Å². The van der Waals surface area contributed by atoms with Crippen molar-refractivity contribution in [2.45, 2.75) is 12.8 Å². The molecular weight excluding hydrogens is 262 g/mol. The fourth-order valence-electron chi connectivity index (χ4n) is 1.78. The van der Waals surface area contributed by atoms with E-state index in [1.54, 1.807) is 31.4 Å². The Morgan fingerprint density at radius 3 is 2.65 bits per heavy atom. The van der Waals surface area contributed by atoms with Crippen molar-refractivity contribution >= 4 is 11.9 Å². The maximum absolute atomic E-state index is 11.6. The fraction of sp³-hybridized carbons (Fsp3) is 0.429. The van der Waals surface area contributed by atoms with Gasteiger partial charge in [0, 0.05) is 12.6 Å². The highest BCUT2D eigenvalue weighted by Gasteiger charge is 2.50. The van der Waals surface area contributed by atoms with Crippen LogP contribution in [0.4, 0.5) is 0 Å². The normalized spacial score (nSPS) is 15.2. The van der Waals surface area contributed by atoms with Crippen molar-refractivity contribution in [3.8, 4) is 11.5 Å². The summed E-state index contributed by atoms with van der Waals surface area (Å²) in [6.07, 6.45) is 1.22. The smallest absolute Gasteiger partial charge is 0.311 e. The van der Waals surface area contributed by atoms with Gasteiger partial charge in [-0.2, -0.15) is 0 Å². The van der Waals surface area contributed by atoms with E-state index in [0.29, 0.717) is 24.3 Å². The van der Waals surface area contributed by atoms with Crippen LogP contribution in [0.15, 0.2) is 24.3 Å². The first-order chi connectivity index (χ1) is 9.55. The van der Waals surface area contributed by atoms with Gasteiger partial charge in [-0.05, 0) is 25.0 Å². The van der Waals surface area contributed by atoms with Crippen LogP contribution < -0.4 is 14.8 Å². The average molecular weight is 279 g/mol. The van der Waals surface area contributed by atoms with E-state index in [9.17, 15) is 9.59 Å². The van der Waals surface area contributed by atoms with Gasteiger partial charge < -0.3 is 19.9 Å². The molecule has 0 bridgehead atoms. The number of amides is 1. The minimum Gasteiger partial charge on any atom is -0.497 e. The van der Waals surface area contributed by atoms with Crippen LogP contribution >= 0.6 is 0 Å². The Hall–Kier alpha value is -2.24. The molecule has 0 aliphatic heterocycles. The molecule has 0 heterocycles. The van der Waals surface area contributed by atoms with E-state index in [1.807, 2.05) is 0 Å². The molecule has 0 radical (unpaired) electrons. The number of hydrogen-bond donors (Lipinski definition) is 2. The molecule has 6 heteroatoms. The lowest BCUT2D eigenvalue weighted by molar-refractivity contribution is -0.143. The maximum atomic E-state index is 11.6. The first kappa shape index (κ1) is 14.2. The van der Waals surface area contributed by atoms with E-state index in [0.717, 1.165) is 0 Å². The number of methoxy groups -OCH3 is 1. The lowest BCUT2D eigenvalue weighted by Crippen LogP contribution is -2.36. The Morgan fingerprint density at radius 2 is 2.05 bits per heavy atom. The highest BCUT2D eigenvalue weighted by Crippen LogP contribution is 2.45. The minimum absolute atomic E-state index is 0.150. The largest absolute Gasteiger partial charge is 0.497 e. The van der Waals surface area contributed by atoms with Gasteiger partial charge in [-0.3, -0.25) is 9.59 Å².